The molecule has 3 amide bonds. The smallest absolute Gasteiger partial charge is 0.322 e. The highest BCUT2D eigenvalue weighted by Gasteiger charge is 2.51. The molecule has 134 valence electrons. The average Bonchev–Trinajstić information content (AvgIpc) is 2.47. The Morgan fingerprint density at radius 2 is 1.67 bits per heavy atom. The Bertz CT molecular complexity index is 483. The third-order valence-electron chi connectivity index (χ3n) is 7.14. The molecule has 0 aromatic rings. The van der Waals surface area contributed by atoms with E-state index >= 15 is 0 Å². The number of urea groups is 1. The van der Waals surface area contributed by atoms with Gasteiger partial charge in [0.2, 0.25) is 0 Å². The van der Waals surface area contributed by atoms with Crippen LogP contribution < -0.4 is 15.5 Å². The predicted octanol–water partition coefficient (Wildman–Crippen LogP) is 1.24. The third kappa shape index (κ3) is 3.32. The number of carbonyl (C=O) groups is 2. The summed E-state index contributed by atoms with van der Waals surface area (Å²) in [5.41, 5.74) is -0.0234. The maximum Gasteiger partial charge on any atom is 0.322 e. The molecule has 0 aromatic carbocycles. The summed E-state index contributed by atoms with van der Waals surface area (Å²) in [4.78, 5) is 26.0. The van der Waals surface area contributed by atoms with E-state index in [4.69, 9.17) is 0 Å². The summed E-state index contributed by atoms with van der Waals surface area (Å²) in [7, 11) is 0. The van der Waals surface area contributed by atoms with Crippen molar-refractivity contribution >= 4 is 11.9 Å². The molecular weight excluding hydrogens is 302 g/mol. The van der Waals surface area contributed by atoms with Crippen molar-refractivity contribution in [2.45, 2.75) is 76.3 Å². The summed E-state index contributed by atoms with van der Waals surface area (Å²) in [6, 6.07) is 0.265. The number of hydrogen-bond acceptors (Lipinski definition) is 2. The lowest BCUT2D eigenvalue weighted by Gasteiger charge is -2.56. The lowest BCUT2D eigenvalue weighted by molar-refractivity contribution is -0.920. The van der Waals surface area contributed by atoms with Crippen LogP contribution in [0.5, 0.6) is 0 Å². The zero-order chi connectivity index (χ0) is 16.7. The van der Waals surface area contributed by atoms with Crippen LogP contribution in [0.25, 0.3) is 0 Å². The molecule has 4 aliphatic carbocycles. The van der Waals surface area contributed by atoms with Gasteiger partial charge in [0.05, 0.1) is 12.6 Å². The minimum absolute atomic E-state index is 0.0234. The van der Waals surface area contributed by atoms with Crippen LogP contribution in [-0.4, -0.2) is 36.6 Å². The fourth-order valence-corrected chi connectivity index (χ4v) is 6.43. The summed E-state index contributed by atoms with van der Waals surface area (Å²) in [5, 5.41) is 5.84. The number of carbonyl (C=O) groups excluding carboxylic acids is 2. The Labute approximate surface area is 144 Å². The third-order valence-corrected chi connectivity index (χ3v) is 7.14. The summed E-state index contributed by atoms with van der Waals surface area (Å²) in [6.45, 7) is 3.68. The van der Waals surface area contributed by atoms with E-state index in [0.717, 1.165) is 43.6 Å². The number of quaternary nitrogens is 1. The van der Waals surface area contributed by atoms with Crippen molar-refractivity contribution in [1.29, 1.82) is 0 Å². The second-order valence-electron chi connectivity index (χ2n) is 9.18. The van der Waals surface area contributed by atoms with E-state index in [-0.39, 0.29) is 17.5 Å². The molecule has 24 heavy (non-hydrogen) atoms. The van der Waals surface area contributed by atoms with Crippen LogP contribution in [0.15, 0.2) is 0 Å². The molecule has 1 unspecified atom stereocenters. The number of likely N-dealkylation sites (tertiary alicyclic amines) is 1. The van der Waals surface area contributed by atoms with E-state index in [1.165, 1.54) is 43.4 Å². The van der Waals surface area contributed by atoms with Gasteiger partial charge in [-0.2, -0.15) is 0 Å². The van der Waals surface area contributed by atoms with Gasteiger partial charge in [0.25, 0.3) is 5.91 Å². The first-order valence-electron chi connectivity index (χ1n) is 9.98. The minimum Gasteiger partial charge on any atom is -0.332 e. The molecule has 5 fully saturated rings. The zero-order valence-corrected chi connectivity index (χ0v) is 14.9. The summed E-state index contributed by atoms with van der Waals surface area (Å²) >= 11 is 0. The molecule has 0 radical (unpaired) electrons. The quantitative estimate of drug-likeness (QED) is 0.727. The van der Waals surface area contributed by atoms with Gasteiger partial charge in [-0.1, -0.05) is 0 Å². The Morgan fingerprint density at radius 1 is 1.04 bits per heavy atom. The van der Waals surface area contributed by atoms with Gasteiger partial charge in [0.15, 0.2) is 6.54 Å². The van der Waals surface area contributed by atoms with E-state index in [2.05, 4.69) is 17.6 Å². The zero-order valence-electron chi connectivity index (χ0n) is 14.9. The highest BCUT2D eigenvalue weighted by atomic mass is 16.2. The molecule has 1 aliphatic heterocycles. The second kappa shape index (κ2) is 6.32. The number of piperidine rings is 1. The first kappa shape index (κ1) is 16.4. The Kier molecular flexibility index (Phi) is 4.31. The van der Waals surface area contributed by atoms with Gasteiger partial charge in [-0.15, -0.1) is 0 Å². The molecule has 4 bridgehead atoms. The van der Waals surface area contributed by atoms with Crippen molar-refractivity contribution in [2.75, 3.05) is 13.1 Å². The highest BCUT2D eigenvalue weighted by molar-refractivity contribution is 5.95. The summed E-state index contributed by atoms with van der Waals surface area (Å²) < 4.78 is 0. The molecule has 5 aliphatic rings. The van der Waals surface area contributed by atoms with Gasteiger partial charge in [-0.25, -0.2) is 4.79 Å². The largest absolute Gasteiger partial charge is 0.332 e. The van der Waals surface area contributed by atoms with Crippen molar-refractivity contribution in [2.24, 2.45) is 17.8 Å². The molecule has 0 spiro atoms. The molecule has 0 aromatic heterocycles. The molecule has 5 heteroatoms. The van der Waals surface area contributed by atoms with Crippen molar-refractivity contribution < 1.29 is 14.5 Å². The monoisotopic (exact) mass is 334 g/mol. The van der Waals surface area contributed by atoms with Crippen LogP contribution in [0.2, 0.25) is 0 Å². The van der Waals surface area contributed by atoms with Crippen molar-refractivity contribution in [3.8, 4) is 0 Å². The molecule has 1 saturated heterocycles. The maximum absolute atomic E-state index is 12.4. The van der Waals surface area contributed by atoms with Crippen LogP contribution in [0.1, 0.15) is 64.7 Å². The highest BCUT2D eigenvalue weighted by Crippen LogP contribution is 2.55. The first-order chi connectivity index (χ1) is 11.5. The number of rotatable bonds is 3. The average molecular weight is 334 g/mol. The van der Waals surface area contributed by atoms with E-state index in [1.54, 1.807) is 0 Å². The Morgan fingerprint density at radius 3 is 2.25 bits per heavy atom. The molecule has 5 rings (SSSR count). The van der Waals surface area contributed by atoms with Crippen LogP contribution in [0.4, 0.5) is 4.79 Å². The minimum atomic E-state index is -0.258. The standard InChI is InChI=1S/C19H31N3O2/c1-13-4-2-3-5-22(13)12-17(23)20-18(24)21-19-9-14-6-15(10-19)8-16(7-14)11-19/h13-16H,2-12H2,1H3,(H2,20,21,23,24)/p+1/t13-,14?,15?,16?,19?/m1/s1. The molecule has 2 atom stereocenters. The lowest BCUT2D eigenvalue weighted by atomic mass is 9.53. The van der Waals surface area contributed by atoms with E-state index in [0.29, 0.717) is 12.6 Å². The Hall–Kier alpha value is -1.10. The molecule has 3 N–H and O–H groups in total. The number of imide groups is 1. The molecule has 1 heterocycles. The Balaban J connectivity index is 1.29. The van der Waals surface area contributed by atoms with Crippen molar-refractivity contribution in [3.63, 3.8) is 0 Å². The van der Waals surface area contributed by atoms with Crippen molar-refractivity contribution in [1.82, 2.24) is 10.6 Å². The van der Waals surface area contributed by atoms with Crippen LogP contribution >= 0.6 is 0 Å². The SMILES string of the molecule is C[C@@H]1CCCC[NH+]1CC(=O)NC(=O)NC12CC3CC(CC(C3)C1)C2. The maximum atomic E-state index is 12.4. The molecular formula is C19H32N3O2+. The normalized spacial score (nSPS) is 43.5. The topological polar surface area (TPSA) is 62.6 Å². The van der Waals surface area contributed by atoms with Gasteiger partial charge in [0.1, 0.15) is 0 Å². The van der Waals surface area contributed by atoms with Crippen LogP contribution in [0, 0.1) is 17.8 Å². The van der Waals surface area contributed by atoms with Crippen LogP contribution in [-0.2, 0) is 4.79 Å². The van der Waals surface area contributed by atoms with Gasteiger partial charge in [0, 0.05) is 5.54 Å². The number of amides is 3. The number of hydrogen-bond donors (Lipinski definition) is 3. The first-order valence-corrected chi connectivity index (χ1v) is 9.98. The van der Waals surface area contributed by atoms with Gasteiger partial charge in [-0.3, -0.25) is 10.1 Å². The summed E-state index contributed by atoms with van der Waals surface area (Å²) in [5.74, 6) is 2.27. The van der Waals surface area contributed by atoms with Crippen molar-refractivity contribution in [3.05, 3.63) is 0 Å². The number of nitrogens with one attached hydrogen (secondary N) is 3. The molecule has 5 nitrogen and oxygen atoms in total. The van der Waals surface area contributed by atoms with E-state index < -0.39 is 0 Å². The molecule has 4 saturated carbocycles. The predicted molar refractivity (Wildman–Crippen MR) is 91.6 cm³/mol. The van der Waals surface area contributed by atoms with Gasteiger partial charge < -0.3 is 10.2 Å². The van der Waals surface area contributed by atoms with Gasteiger partial charge >= 0.3 is 6.03 Å². The van der Waals surface area contributed by atoms with E-state index in [1.807, 2.05) is 0 Å². The van der Waals surface area contributed by atoms with Gasteiger partial charge in [-0.05, 0) is 82.5 Å². The van der Waals surface area contributed by atoms with Crippen LogP contribution in [0.3, 0.4) is 0 Å². The second-order valence-corrected chi connectivity index (χ2v) is 9.18. The fraction of sp³-hybridized carbons (Fsp3) is 0.895. The fourth-order valence-electron chi connectivity index (χ4n) is 6.43. The lowest BCUT2D eigenvalue weighted by Crippen LogP contribution is -3.17. The summed E-state index contributed by atoms with van der Waals surface area (Å²) in [6.07, 6.45) is 11.1. The van der Waals surface area contributed by atoms with E-state index in [9.17, 15) is 9.59 Å².